The molecule has 2 rings (SSSR count). The van der Waals surface area contributed by atoms with Crippen LogP contribution in [0, 0.1) is 10.1 Å². The van der Waals surface area contributed by atoms with Crippen molar-refractivity contribution >= 4 is 17.3 Å². The van der Waals surface area contributed by atoms with Crippen LogP contribution in [0.2, 0.25) is 0 Å². The van der Waals surface area contributed by atoms with E-state index in [1.54, 1.807) is 12.1 Å². The predicted molar refractivity (Wildman–Crippen MR) is 79.9 cm³/mol. The molecular formula is C14H20N4O3. The van der Waals surface area contributed by atoms with Crippen LogP contribution in [-0.4, -0.2) is 34.9 Å². The minimum absolute atomic E-state index is 0.0634. The molecule has 1 aliphatic heterocycles. The summed E-state index contributed by atoms with van der Waals surface area (Å²) in [6.45, 7) is 3.89. The highest BCUT2D eigenvalue weighted by Gasteiger charge is 2.29. The number of nitrogens with zero attached hydrogens (tertiary/aromatic N) is 2. The van der Waals surface area contributed by atoms with Crippen LogP contribution in [0.5, 0.6) is 0 Å². The second-order valence-corrected chi connectivity index (χ2v) is 5.17. The van der Waals surface area contributed by atoms with Crippen LogP contribution in [0.25, 0.3) is 0 Å². The van der Waals surface area contributed by atoms with Gasteiger partial charge in [-0.3, -0.25) is 19.8 Å². The minimum atomic E-state index is -0.399. The van der Waals surface area contributed by atoms with E-state index in [0.717, 1.165) is 24.9 Å². The molecule has 1 amide bonds. The number of nitro benzene ring substituents is 1. The Bertz CT molecular complexity index is 547. The molecule has 21 heavy (non-hydrogen) atoms. The first kappa shape index (κ1) is 15.2. The second-order valence-electron chi connectivity index (χ2n) is 5.17. The van der Waals surface area contributed by atoms with Gasteiger partial charge in [0.2, 0.25) is 5.91 Å². The van der Waals surface area contributed by atoms with Gasteiger partial charge in [-0.05, 0) is 37.9 Å². The van der Waals surface area contributed by atoms with E-state index in [-0.39, 0.29) is 17.6 Å². The van der Waals surface area contributed by atoms with Gasteiger partial charge in [-0.15, -0.1) is 0 Å². The normalized spacial score (nSPS) is 18.6. The highest BCUT2D eigenvalue weighted by molar-refractivity contribution is 5.80. The third-order valence-electron chi connectivity index (χ3n) is 3.70. The van der Waals surface area contributed by atoms with Crippen molar-refractivity contribution in [3.63, 3.8) is 0 Å². The van der Waals surface area contributed by atoms with E-state index in [0.29, 0.717) is 18.8 Å². The molecule has 0 spiro atoms. The summed E-state index contributed by atoms with van der Waals surface area (Å²) in [5, 5.41) is 14.0. The number of carbonyl (C=O) groups excluding carboxylic acids is 1. The summed E-state index contributed by atoms with van der Waals surface area (Å²) in [6, 6.07) is 4.78. The summed E-state index contributed by atoms with van der Waals surface area (Å²) in [6.07, 6.45) is 1.73. The molecule has 0 radical (unpaired) electrons. The van der Waals surface area contributed by atoms with E-state index in [2.05, 4.69) is 5.32 Å². The molecule has 0 aliphatic carbocycles. The Hall–Kier alpha value is -2.15. The van der Waals surface area contributed by atoms with Crippen molar-refractivity contribution < 1.29 is 9.72 Å². The summed E-state index contributed by atoms with van der Waals surface area (Å²) < 4.78 is 0. The summed E-state index contributed by atoms with van der Waals surface area (Å²) >= 11 is 0. The number of hydrogen-bond donors (Lipinski definition) is 2. The Kier molecular flexibility index (Phi) is 4.74. The van der Waals surface area contributed by atoms with E-state index in [4.69, 9.17) is 5.73 Å². The number of hydrogen-bond acceptors (Lipinski definition) is 5. The molecule has 1 unspecified atom stereocenters. The van der Waals surface area contributed by atoms with Gasteiger partial charge in [0, 0.05) is 19.2 Å². The third-order valence-corrected chi connectivity index (χ3v) is 3.70. The number of anilines is 1. The monoisotopic (exact) mass is 292 g/mol. The zero-order chi connectivity index (χ0) is 15.4. The van der Waals surface area contributed by atoms with Crippen LogP contribution in [0.3, 0.4) is 0 Å². The highest BCUT2D eigenvalue weighted by Crippen LogP contribution is 2.27. The molecule has 114 valence electrons. The van der Waals surface area contributed by atoms with Crippen LogP contribution >= 0.6 is 0 Å². The number of likely N-dealkylation sites (tertiary alicyclic amines) is 1. The average molecular weight is 292 g/mol. The molecule has 0 saturated carbocycles. The topological polar surface area (TPSA) is 102 Å². The summed E-state index contributed by atoms with van der Waals surface area (Å²) in [5.74, 6) is -0.304. The molecule has 1 aliphatic rings. The number of nitrogens with two attached hydrogens (primary N) is 1. The average Bonchev–Trinajstić information content (AvgIpc) is 2.87. The second kappa shape index (κ2) is 6.53. The summed E-state index contributed by atoms with van der Waals surface area (Å²) in [4.78, 5) is 24.0. The number of primary amides is 1. The number of benzene rings is 1. The Balaban J connectivity index is 2.18. The van der Waals surface area contributed by atoms with Gasteiger partial charge in [0.15, 0.2) is 0 Å². The molecular weight excluding hydrogens is 272 g/mol. The van der Waals surface area contributed by atoms with Crippen LogP contribution in [0.1, 0.15) is 25.3 Å². The van der Waals surface area contributed by atoms with Crippen LogP contribution in [0.15, 0.2) is 18.2 Å². The first-order valence-electron chi connectivity index (χ1n) is 7.07. The van der Waals surface area contributed by atoms with Crippen molar-refractivity contribution in [3.05, 3.63) is 33.9 Å². The van der Waals surface area contributed by atoms with Crippen LogP contribution in [0.4, 0.5) is 11.4 Å². The Morgan fingerprint density at radius 3 is 2.95 bits per heavy atom. The van der Waals surface area contributed by atoms with Crippen molar-refractivity contribution in [2.24, 2.45) is 5.73 Å². The van der Waals surface area contributed by atoms with Crippen molar-refractivity contribution in [1.82, 2.24) is 4.90 Å². The first-order valence-corrected chi connectivity index (χ1v) is 7.07. The zero-order valence-electron chi connectivity index (χ0n) is 12.0. The number of amides is 1. The molecule has 1 aromatic rings. The molecule has 1 saturated heterocycles. The van der Waals surface area contributed by atoms with Gasteiger partial charge in [-0.1, -0.05) is 6.07 Å². The maximum absolute atomic E-state index is 11.4. The molecule has 3 N–H and O–H groups in total. The molecule has 1 heterocycles. The van der Waals surface area contributed by atoms with Gasteiger partial charge in [-0.2, -0.15) is 0 Å². The van der Waals surface area contributed by atoms with Gasteiger partial charge in [0.1, 0.15) is 5.69 Å². The van der Waals surface area contributed by atoms with Crippen LogP contribution < -0.4 is 11.1 Å². The van der Waals surface area contributed by atoms with Gasteiger partial charge in [0.25, 0.3) is 5.69 Å². The molecule has 0 aromatic heterocycles. The largest absolute Gasteiger partial charge is 0.380 e. The SMILES string of the molecule is CCNc1cc(CN2CCCC2C(N)=O)ccc1[N+](=O)[O-]. The summed E-state index contributed by atoms with van der Waals surface area (Å²) in [5.41, 5.74) is 6.91. The van der Waals surface area contributed by atoms with Crippen molar-refractivity contribution in [1.29, 1.82) is 0 Å². The van der Waals surface area contributed by atoms with Gasteiger partial charge in [0.05, 0.1) is 11.0 Å². The van der Waals surface area contributed by atoms with Gasteiger partial charge < -0.3 is 11.1 Å². The smallest absolute Gasteiger partial charge is 0.292 e. The number of nitro groups is 1. The standard InChI is InChI=1S/C14H20N4O3/c1-2-16-11-8-10(5-6-12(11)18(20)21)9-17-7-3-4-13(17)14(15)19/h5-6,8,13,16H,2-4,7,9H2,1H3,(H2,15,19). The molecule has 1 aromatic carbocycles. The molecule has 7 heteroatoms. The summed E-state index contributed by atoms with van der Waals surface area (Å²) in [7, 11) is 0. The lowest BCUT2D eigenvalue weighted by Crippen LogP contribution is -2.39. The van der Waals surface area contributed by atoms with Crippen molar-refractivity contribution in [2.75, 3.05) is 18.4 Å². The Morgan fingerprint density at radius 1 is 1.57 bits per heavy atom. The van der Waals surface area contributed by atoms with E-state index in [1.807, 2.05) is 11.8 Å². The minimum Gasteiger partial charge on any atom is -0.380 e. The number of nitrogens with one attached hydrogen (secondary N) is 1. The number of carbonyl (C=O) groups is 1. The molecule has 1 fully saturated rings. The fourth-order valence-electron chi connectivity index (χ4n) is 2.74. The Labute approximate surface area is 123 Å². The van der Waals surface area contributed by atoms with Crippen molar-refractivity contribution in [3.8, 4) is 0 Å². The fraction of sp³-hybridized carbons (Fsp3) is 0.500. The maximum atomic E-state index is 11.4. The third kappa shape index (κ3) is 3.49. The number of rotatable bonds is 6. The van der Waals surface area contributed by atoms with Crippen LogP contribution in [-0.2, 0) is 11.3 Å². The predicted octanol–water partition coefficient (Wildman–Crippen LogP) is 1.48. The molecule has 7 nitrogen and oxygen atoms in total. The van der Waals surface area contributed by atoms with Crippen molar-refractivity contribution in [2.45, 2.75) is 32.4 Å². The van der Waals surface area contributed by atoms with E-state index in [1.165, 1.54) is 6.07 Å². The van der Waals surface area contributed by atoms with Gasteiger partial charge in [-0.25, -0.2) is 0 Å². The zero-order valence-corrected chi connectivity index (χ0v) is 12.0. The fourth-order valence-corrected chi connectivity index (χ4v) is 2.74. The van der Waals surface area contributed by atoms with E-state index >= 15 is 0 Å². The van der Waals surface area contributed by atoms with E-state index in [9.17, 15) is 14.9 Å². The first-order chi connectivity index (χ1) is 10.0. The van der Waals surface area contributed by atoms with Gasteiger partial charge >= 0.3 is 0 Å². The molecule has 0 bridgehead atoms. The highest BCUT2D eigenvalue weighted by atomic mass is 16.6. The lowest BCUT2D eigenvalue weighted by Gasteiger charge is -2.22. The Morgan fingerprint density at radius 2 is 2.33 bits per heavy atom. The van der Waals surface area contributed by atoms with E-state index < -0.39 is 4.92 Å². The quantitative estimate of drug-likeness (QED) is 0.610. The maximum Gasteiger partial charge on any atom is 0.292 e. The lowest BCUT2D eigenvalue weighted by molar-refractivity contribution is -0.384. The lowest BCUT2D eigenvalue weighted by atomic mass is 10.1. The molecule has 1 atom stereocenters.